The van der Waals surface area contributed by atoms with Gasteiger partial charge in [0.25, 0.3) is 0 Å². The van der Waals surface area contributed by atoms with E-state index in [0.29, 0.717) is 0 Å². The quantitative estimate of drug-likeness (QED) is 0.736. The summed E-state index contributed by atoms with van der Waals surface area (Å²) >= 11 is 5.04. The maximum atomic E-state index is 4.98. The number of nitrogens with one attached hydrogen (secondary N) is 1. The van der Waals surface area contributed by atoms with Crippen molar-refractivity contribution in [3.05, 3.63) is 27.9 Å². The molecule has 0 spiro atoms. The fourth-order valence-electron chi connectivity index (χ4n) is 1.66. The minimum Gasteiger partial charge on any atom is -0.383 e. The molecular formula is C13H17BrN4OS. The highest BCUT2D eigenvalue weighted by molar-refractivity contribution is 9.10. The van der Waals surface area contributed by atoms with Crippen LogP contribution in [-0.2, 0) is 11.2 Å². The van der Waals surface area contributed by atoms with Gasteiger partial charge < -0.3 is 10.1 Å². The molecule has 2 rings (SSSR count). The number of methoxy groups -OCH3 is 1. The van der Waals surface area contributed by atoms with Crippen molar-refractivity contribution in [1.29, 1.82) is 0 Å². The summed E-state index contributed by atoms with van der Waals surface area (Å²) in [6.07, 6.45) is 5.56. The van der Waals surface area contributed by atoms with E-state index in [1.165, 1.54) is 0 Å². The van der Waals surface area contributed by atoms with Crippen molar-refractivity contribution >= 4 is 27.3 Å². The summed E-state index contributed by atoms with van der Waals surface area (Å²) in [5, 5.41) is 13.8. The molecule has 0 aliphatic carbocycles. The van der Waals surface area contributed by atoms with Gasteiger partial charge >= 0.3 is 0 Å². The van der Waals surface area contributed by atoms with Gasteiger partial charge in [-0.25, -0.2) is 0 Å². The first kappa shape index (κ1) is 15.5. The lowest BCUT2D eigenvalue weighted by Gasteiger charge is -2.01. The Balaban J connectivity index is 1.80. The first-order valence-corrected chi connectivity index (χ1v) is 8.03. The molecule has 0 aliphatic rings. The average molecular weight is 357 g/mol. The zero-order valence-electron chi connectivity index (χ0n) is 11.3. The SMILES string of the molecule is COCCNCCCc1nnc(-c2cncc(Br)c2)s1. The summed E-state index contributed by atoms with van der Waals surface area (Å²) in [5.74, 6) is 0. The molecule has 7 heteroatoms. The Kier molecular flexibility index (Phi) is 6.52. The van der Waals surface area contributed by atoms with Gasteiger partial charge in [-0.05, 0) is 35.0 Å². The van der Waals surface area contributed by atoms with Crippen molar-refractivity contribution < 1.29 is 4.74 Å². The third kappa shape index (κ3) is 4.90. The van der Waals surface area contributed by atoms with Crippen LogP contribution in [0.15, 0.2) is 22.9 Å². The molecule has 20 heavy (non-hydrogen) atoms. The molecule has 2 aromatic heterocycles. The Morgan fingerprint density at radius 3 is 3.00 bits per heavy atom. The summed E-state index contributed by atoms with van der Waals surface area (Å²) in [5.41, 5.74) is 1.00. The predicted molar refractivity (Wildman–Crippen MR) is 83.9 cm³/mol. The van der Waals surface area contributed by atoms with Gasteiger partial charge in [0.15, 0.2) is 0 Å². The molecule has 0 aromatic carbocycles. The second-order valence-corrected chi connectivity index (χ2v) is 6.22. The number of halogens is 1. The van der Waals surface area contributed by atoms with Crippen LogP contribution in [0.2, 0.25) is 0 Å². The monoisotopic (exact) mass is 356 g/mol. The fraction of sp³-hybridized carbons (Fsp3) is 0.462. The van der Waals surface area contributed by atoms with E-state index < -0.39 is 0 Å². The predicted octanol–water partition coefficient (Wildman–Crippen LogP) is 2.53. The molecule has 0 saturated heterocycles. The van der Waals surface area contributed by atoms with Crippen molar-refractivity contribution in [1.82, 2.24) is 20.5 Å². The largest absolute Gasteiger partial charge is 0.383 e. The third-order valence-corrected chi connectivity index (χ3v) is 4.11. The number of hydrogen-bond donors (Lipinski definition) is 1. The van der Waals surface area contributed by atoms with E-state index in [-0.39, 0.29) is 0 Å². The molecule has 2 aromatic rings. The van der Waals surface area contributed by atoms with Gasteiger partial charge in [0.1, 0.15) is 10.0 Å². The number of pyridine rings is 1. The van der Waals surface area contributed by atoms with Crippen molar-refractivity contribution in [3.8, 4) is 10.6 Å². The molecular weight excluding hydrogens is 340 g/mol. The molecule has 1 N–H and O–H groups in total. The first-order chi connectivity index (χ1) is 9.79. The van der Waals surface area contributed by atoms with Gasteiger partial charge in [0, 0.05) is 42.5 Å². The number of aryl methyl sites for hydroxylation is 1. The van der Waals surface area contributed by atoms with Crippen LogP contribution in [0.3, 0.4) is 0 Å². The minimum atomic E-state index is 0.749. The molecule has 0 atom stereocenters. The number of rotatable bonds is 8. The van der Waals surface area contributed by atoms with Crippen LogP contribution in [-0.4, -0.2) is 42.0 Å². The molecule has 0 saturated carbocycles. The Morgan fingerprint density at radius 2 is 2.20 bits per heavy atom. The van der Waals surface area contributed by atoms with E-state index in [1.54, 1.807) is 30.8 Å². The van der Waals surface area contributed by atoms with Gasteiger partial charge in [0.05, 0.1) is 6.61 Å². The maximum Gasteiger partial charge on any atom is 0.149 e. The highest BCUT2D eigenvalue weighted by Gasteiger charge is 2.07. The summed E-state index contributed by atoms with van der Waals surface area (Å²) in [6, 6.07) is 2.00. The van der Waals surface area contributed by atoms with Gasteiger partial charge in [-0.1, -0.05) is 11.3 Å². The van der Waals surface area contributed by atoms with E-state index in [0.717, 1.165) is 52.6 Å². The highest BCUT2D eigenvalue weighted by atomic mass is 79.9. The van der Waals surface area contributed by atoms with Crippen LogP contribution in [0.5, 0.6) is 0 Å². The number of aromatic nitrogens is 3. The van der Waals surface area contributed by atoms with Crippen molar-refractivity contribution in [2.75, 3.05) is 26.8 Å². The van der Waals surface area contributed by atoms with E-state index >= 15 is 0 Å². The Labute approximate surface area is 130 Å². The zero-order chi connectivity index (χ0) is 14.2. The maximum absolute atomic E-state index is 4.98. The molecule has 0 amide bonds. The van der Waals surface area contributed by atoms with Crippen LogP contribution in [0, 0.1) is 0 Å². The lowest BCUT2D eigenvalue weighted by atomic mass is 10.3. The first-order valence-electron chi connectivity index (χ1n) is 6.42. The zero-order valence-corrected chi connectivity index (χ0v) is 13.7. The normalized spacial score (nSPS) is 10.9. The van der Waals surface area contributed by atoms with Gasteiger partial charge in [0.2, 0.25) is 0 Å². The van der Waals surface area contributed by atoms with Crippen molar-refractivity contribution in [2.24, 2.45) is 0 Å². The highest BCUT2D eigenvalue weighted by Crippen LogP contribution is 2.25. The van der Waals surface area contributed by atoms with E-state index in [9.17, 15) is 0 Å². The molecule has 0 radical (unpaired) electrons. The van der Waals surface area contributed by atoms with Crippen LogP contribution < -0.4 is 5.32 Å². The van der Waals surface area contributed by atoms with Gasteiger partial charge in [-0.2, -0.15) is 0 Å². The smallest absolute Gasteiger partial charge is 0.149 e. The molecule has 5 nitrogen and oxygen atoms in total. The molecule has 0 bridgehead atoms. The Bertz CT molecular complexity index is 535. The number of ether oxygens (including phenoxy) is 1. The summed E-state index contributed by atoms with van der Waals surface area (Å²) in [4.78, 5) is 4.14. The van der Waals surface area contributed by atoms with E-state index in [4.69, 9.17) is 4.74 Å². The van der Waals surface area contributed by atoms with Crippen LogP contribution in [0.25, 0.3) is 10.6 Å². The van der Waals surface area contributed by atoms with E-state index in [1.807, 2.05) is 6.07 Å². The second-order valence-electron chi connectivity index (χ2n) is 4.24. The van der Waals surface area contributed by atoms with Gasteiger partial charge in [-0.15, -0.1) is 10.2 Å². The fourth-order valence-corrected chi connectivity index (χ4v) is 2.89. The third-order valence-electron chi connectivity index (χ3n) is 2.65. The van der Waals surface area contributed by atoms with Crippen LogP contribution in [0.4, 0.5) is 0 Å². The summed E-state index contributed by atoms with van der Waals surface area (Å²) in [7, 11) is 1.71. The van der Waals surface area contributed by atoms with Crippen molar-refractivity contribution in [3.63, 3.8) is 0 Å². The molecule has 0 fully saturated rings. The Morgan fingerprint density at radius 1 is 1.30 bits per heavy atom. The topological polar surface area (TPSA) is 59.9 Å². The standard InChI is InChI=1S/C13H17BrN4OS/c1-19-6-5-15-4-2-3-12-17-18-13(20-12)10-7-11(14)9-16-8-10/h7-9,15H,2-6H2,1H3. The lowest BCUT2D eigenvalue weighted by Crippen LogP contribution is -2.20. The molecule has 0 aliphatic heterocycles. The summed E-state index contributed by atoms with van der Waals surface area (Å²) < 4.78 is 5.93. The number of hydrogen-bond acceptors (Lipinski definition) is 6. The summed E-state index contributed by atoms with van der Waals surface area (Å²) in [6.45, 7) is 2.61. The Hall–Kier alpha value is -0.890. The van der Waals surface area contributed by atoms with Crippen molar-refractivity contribution in [2.45, 2.75) is 12.8 Å². The molecule has 2 heterocycles. The molecule has 0 unspecified atom stereocenters. The molecule has 108 valence electrons. The van der Waals surface area contributed by atoms with E-state index in [2.05, 4.69) is 36.4 Å². The van der Waals surface area contributed by atoms with Crippen LogP contribution >= 0.6 is 27.3 Å². The average Bonchev–Trinajstić information content (AvgIpc) is 2.91. The number of nitrogens with zero attached hydrogens (tertiary/aromatic N) is 3. The second kappa shape index (κ2) is 8.41. The minimum absolute atomic E-state index is 0.749. The van der Waals surface area contributed by atoms with Gasteiger partial charge in [-0.3, -0.25) is 4.98 Å². The lowest BCUT2D eigenvalue weighted by molar-refractivity contribution is 0.199. The van der Waals surface area contributed by atoms with Crippen LogP contribution in [0.1, 0.15) is 11.4 Å².